The molecule has 0 aromatic heterocycles. The zero-order valence-corrected chi connectivity index (χ0v) is 17.0. The van der Waals surface area contributed by atoms with Gasteiger partial charge in [-0.15, -0.1) is 0 Å². The Morgan fingerprint density at radius 3 is 2.37 bits per heavy atom. The first kappa shape index (κ1) is 21.0. The SMILES string of the molecule is CCCCCOc1ccc(/C=N\S(=O)(=O)c2ccc(C)cc2)cc1OCC. The minimum absolute atomic E-state index is 0.172. The first-order chi connectivity index (χ1) is 13.0. The average Bonchev–Trinajstić information content (AvgIpc) is 2.65. The molecule has 2 rings (SSSR count). The van der Waals surface area contributed by atoms with Crippen LogP contribution < -0.4 is 9.47 Å². The van der Waals surface area contributed by atoms with Crippen LogP contribution in [0.1, 0.15) is 44.2 Å². The van der Waals surface area contributed by atoms with Gasteiger partial charge in [0.05, 0.1) is 18.1 Å². The van der Waals surface area contributed by atoms with Crippen molar-refractivity contribution in [2.45, 2.75) is 44.9 Å². The molecule has 0 bridgehead atoms. The molecule has 0 spiro atoms. The van der Waals surface area contributed by atoms with E-state index < -0.39 is 10.0 Å². The van der Waals surface area contributed by atoms with E-state index in [2.05, 4.69) is 11.3 Å². The lowest BCUT2D eigenvalue weighted by Gasteiger charge is -2.12. The first-order valence-electron chi connectivity index (χ1n) is 9.23. The number of hydrogen-bond donors (Lipinski definition) is 0. The summed E-state index contributed by atoms with van der Waals surface area (Å²) in [6.07, 6.45) is 4.57. The molecule has 0 aliphatic carbocycles. The molecule has 0 unspecified atom stereocenters. The van der Waals surface area contributed by atoms with Gasteiger partial charge < -0.3 is 9.47 Å². The van der Waals surface area contributed by atoms with Crippen LogP contribution in [0.4, 0.5) is 0 Å². The number of benzene rings is 2. The molecule has 5 nitrogen and oxygen atoms in total. The van der Waals surface area contributed by atoms with Gasteiger partial charge in [-0.25, -0.2) is 0 Å². The lowest BCUT2D eigenvalue weighted by molar-refractivity contribution is 0.271. The van der Waals surface area contributed by atoms with Crippen LogP contribution >= 0.6 is 0 Å². The van der Waals surface area contributed by atoms with Gasteiger partial charge in [0, 0.05) is 6.21 Å². The van der Waals surface area contributed by atoms with Crippen molar-refractivity contribution in [3.8, 4) is 11.5 Å². The van der Waals surface area contributed by atoms with Crippen LogP contribution in [0.5, 0.6) is 11.5 Å². The largest absolute Gasteiger partial charge is 0.490 e. The molecular weight excluding hydrogens is 362 g/mol. The van der Waals surface area contributed by atoms with E-state index in [1.54, 1.807) is 42.5 Å². The van der Waals surface area contributed by atoms with Gasteiger partial charge in [-0.3, -0.25) is 0 Å². The van der Waals surface area contributed by atoms with Gasteiger partial charge in [-0.1, -0.05) is 37.5 Å². The molecule has 0 aliphatic heterocycles. The molecule has 146 valence electrons. The summed E-state index contributed by atoms with van der Waals surface area (Å²) in [4.78, 5) is 0.172. The summed E-state index contributed by atoms with van der Waals surface area (Å²) in [5.74, 6) is 1.25. The molecule has 2 aromatic carbocycles. The van der Waals surface area contributed by atoms with Crippen LogP contribution in [0.25, 0.3) is 0 Å². The van der Waals surface area contributed by atoms with Crippen LogP contribution in [0.2, 0.25) is 0 Å². The third-order valence-corrected chi connectivity index (χ3v) is 5.18. The summed E-state index contributed by atoms with van der Waals surface area (Å²) < 4.78 is 39.9. The first-order valence-corrected chi connectivity index (χ1v) is 10.7. The minimum Gasteiger partial charge on any atom is -0.490 e. The lowest BCUT2D eigenvalue weighted by atomic mass is 10.2. The van der Waals surface area contributed by atoms with Gasteiger partial charge in [-0.2, -0.15) is 12.8 Å². The fourth-order valence-corrected chi connectivity index (χ4v) is 3.29. The predicted octanol–water partition coefficient (Wildman–Crippen LogP) is 4.77. The zero-order valence-electron chi connectivity index (χ0n) is 16.1. The third kappa shape index (κ3) is 6.40. The molecule has 0 saturated heterocycles. The molecule has 0 aliphatic rings. The Labute approximate surface area is 162 Å². The molecule has 0 amide bonds. The Balaban J connectivity index is 2.16. The number of hydrogen-bond acceptors (Lipinski definition) is 4. The highest BCUT2D eigenvalue weighted by Crippen LogP contribution is 2.28. The molecule has 6 heteroatoms. The second kappa shape index (κ2) is 10.1. The van der Waals surface area contributed by atoms with Gasteiger partial charge in [0.1, 0.15) is 0 Å². The van der Waals surface area contributed by atoms with Gasteiger partial charge >= 0.3 is 0 Å². The fourth-order valence-electron chi connectivity index (χ4n) is 2.43. The Morgan fingerprint density at radius 1 is 0.963 bits per heavy atom. The Bertz CT molecular complexity index is 858. The summed E-state index contributed by atoms with van der Waals surface area (Å²) in [5.41, 5.74) is 1.63. The molecule has 0 fully saturated rings. The number of sulfonamides is 1. The summed E-state index contributed by atoms with van der Waals surface area (Å²) >= 11 is 0. The highest BCUT2D eigenvalue weighted by molar-refractivity contribution is 7.90. The van der Waals surface area contributed by atoms with Crippen LogP contribution in [0.3, 0.4) is 0 Å². The van der Waals surface area contributed by atoms with Crippen LogP contribution in [0.15, 0.2) is 51.8 Å². The van der Waals surface area contributed by atoms with E-state index in [9.17, 15) is 8.42 Å². The monoisotopic (exact) mass is 389 g/mol. The number of nitrogens with zero attached hydrogens (tertiary/aromatic N) is 1. The Kier molecular flexibility index (Phi) is 7.85. The molecule has 0 heterocycles. The number of rotatable bonds is 10. The van der Waals surface area contributed by atoms with Gasteiger partial charge in [-0.05, 0) is 56.2 Å². The highest BCUT2D eigenvalue weighted by atomic mass is 32.2. The van der Waals surface area contributed by atoms with E-state index in [4.69, 9.17) is 9.47 Å². The summed E-state index contributed by atoms with van der Waals surface area (Å²) in [5, 5.41) is 0. The minimum atomic E-state index is -3.73. The molecule has 27 heavy (non-hydrogen) atoms. The topological polar surface area (TPSA) is 65.0 Å². The third-order valence-electron chi connectivity index (χ3n) is 3.93. The Morgan fingerprint density at radius 2 is 1.70 bits per heavy atom. The molecule has 0 saturated carbocycles. The fraction of sp³-hybridized carbons (Fsp3) is 0.381. The van der Waals surface area contributed by atoms with Crippen molar-refractivity contribution < 1.29 is 17.9 Å². The van der Waals surface area contributed by atoms with E-state index in [1.165, 1.54) is 6.21 Å². The molecule has 0 atom stereocenters. The van der Waals surface area contributed by atoms with Crippen molar-refractivity contribution in [3.63, 3.8) is 0 Å². The maximum atomic E-state index is 12.3. The van der Waals surface area contributed by atoms with Crippen molar-refractivity contribution in [1.29, 1.82) is 0 Å². The second-order valence-electron chi connectivity index (χ2n) is 6.22. The van der Waals surface area contributed by atoms with E-state index in [0.717, 1.165) is 24.8 Å². The van der Waals surface area contributed by atoms with Crippen LogP contribution in [-0.2, 0) is 10.0 Å². The van der Waals surface area contributed by atoms with Crippen LogP contribution in [-0.4, -0.2) is 27.8 Å². The lowest BCUT2D eigenvalue weighted by Crippen LogP contribution is -2.02. The van der Waals surface area contributed by atoms with Crippen molar-refractivity contribution >= 4 is 16.2 Å². The zero-order chi connectivity index (χ0) is 19.7. The van der Waals surface area contributed by atoms with Gasteiger partial charge in [0.25, 0.3) is 10.0 Å². The van der Waals surface area contributed by atoms with Crippen molar-refractivity contribution in [2.24, 2.45) is 4.40 Å². The van der Waals surface area contributed by atoms with Crippen LogP contribution in [0, 0.1) is 6.92 Å². The molecule has 0 radical (unpaired) electrons. The summed E-state index contributed by atoms with van der Waals surface area (Å²) in [6, 6.07) is 11.9. The predicted molar refractivity (Wildman–Crippen MR) is 109 cm³/mol. The number of aryl methyl sites for hydroxylation is 1. The molecular formula is C21H27NO4S. The highest BCUT2D eigenvalue weighted by Gasteiger charge is 2.12. The van der Waals surface area contributed by atoms with Crippen molar-refractivity contribution in [1.82, 2.24) is 0 Å². The van der Waals surface area contributed by atoms with Crippen molar-refractivity contribution in [3.05, 3.63) is 53.6 Å². The summed E-state index contributed by atoms with van der Waals surface area (Å²) in [6.45, 7) is 7.06. The second-order valence-corrected chi connectivity index (χ2v) is 7.85. The van der Waals surface area contributed by atoms with E-state index in [1.807, 2.05) is 13.8 Å². The van der Waals surface area contributed by atoms with E-state index in [-0.39, 0.29) is 4.90 Å². The van der Waals surface area contributed by atoms with E-state index >= 15 is 0 Å². The maximum absolute atomic E-state index is 12.3. The normalized spacial score (nSPS) is 11.7. The average molecular weight is 390 g/mol. The van der Waals surface area contributed by atoms with Crippen molar-refractivity contribution in [2.75, 3.05) is 13.2 Å². The number of unbranched alkanes of at least 4 members (excludes halogenated alkanes) is 2. The quantitative estimate of drug-likeness (QED) is 0.434. The molecule has 2 aromatic rings. The van der Waals surface area contributed by atoms with Gasteiger partial charge in [0.15, 0.2) is 11.5 Å². The summed E-state index contributed by atoms with van der Waals surface area (Å²) in [7, 11) is -3.73. The number of ether oxygens (including phenoxy) is 2. The van der Waals surface area contributed by atoms with Gasteiger partial charge in [0.2, 0.25) is 0 Å². The maximum Gasteiger partial charge on any atom is 0.282 e. The standard InChI is InChI=1S/C21H27NO4S/c1-4-6-7-14-26-20-13-10-18(15-21(20)25-5-2)16-22-27(23,24)19-11-8-17(3)9-12-19/h8-13,15-16H,4-7,14H2,1-3H3/b22-16-. The molecule has 0 N–H and O–H groups in total. The Hall–Kier alpha value is -2.34. The smallest absolute Gasteiger partial charge is 0.282 e. The van der Waals surface area contributed by atoms with E-state index in [0.29, 0.717) is 30.3 Å².